The van der Waals surface area contributed by atoms with Crippen LogP contribution >= 0.6 is 0 Å². The van der Waals surface area contributed by atoms with Crippen LogP contribution in [0.3, 0.4) is 0 Å². The number of carbonyl (C=O) groups excluding carboxylic acids is 3. The van der Waals surface area contributed by atoms with Gasteiger partial charge in [-0.1, -0.05) is 36.8 Å². The van der Waals surface area contributed by atoms with E-state index < -0.39 is 0 Å². The lowest BCUT2D eigenvalue weighted by molar-refractivity contribution is -0.139. The number of fused-ring (bicyclic) bond motifs is 1. The number of nitrogens with zero attached hydrogens (tertiary/aromatic N) is 2. The van der Waals surface area contributed by atoms with Crippen LogP contribution in [0.2, 0.25) is 0 Å². The second-order valence-electron chi connectivity index (χ2n) is 9.44. The number of nitrogens with one attached hydrogen (secondary N) is 2. The Morgan fingerprint density at radius 3 is 2.59 bits per heavy atom. The van der Waals surface area contributed by atoms with Gasteiger partial charge in [-0.05, 0) is 70.1 Å². The summed E-state index contributed by atoms with van der Waals surface area (Å²) in [5.41, 5.74) is 1.11. The zero-order valence-corrected chi connectivity index (χ0v) is 18.9. The molecule has 2 N–H and O–H groups in total. The van der Waals surface area contributed by atoms with E-state index in [0.717, 1.165) is 18.5 Å². The maximum atomic E-state index is 13.0. The normalized spacial score (nSPS) is 26.4. The molecule has 4 amide bonds. The van der Waals surface area contributed by atoms with Crippen molar-refractivity contribution in [2.24, 2.45) is 11.8 Å². The fraction of sp³-hybridized carbons (Fsp3) is 0.640. The molecule has 2 heterocycles. The first kappa shape index (κ1) is 22.8. The van der Waals surface area contributed by atoms with Crippen LogP contribution in [0.4, 0.5) is 4.79 Å². The molecule has 1 saturated carbocycles. The summed E-state index contributed by atoms with van der Waals surface area (Å²) in [6, 6.07) is 9.33. The Labute approximate surface area is 190 Å². The highest BCUT2D eigenvalue weighted by Crippen LogP contribution is 2.33. The van der Waals surface area contributed by atoms with Gasteiger partial charge in [-0.2, -0.15) is 0 Å². The van der Waals surface area contributed by atoms with E-state index in [2.05, 4.69) is 15.5 Å². The van der Waals surface area contributed by atoms with Gasteiger partial charge in [-0.25, -0.2) is 4.79 Å². The third-order valence-corrected chi connectivity index (χ3v) is 7.22. The highest BCUT2D eigenvalue weighted by atomic mass is 16.2. The average molecular weight is 441 g/mol. The van der Waals surface area contributed by atoms with Gasteiger partial charge < -0.3 is 15.5 Å². The minimum absolute atomic E-state index is 0.0651. The van der Waals surface area contributed by atoms with Gasteiger partial charge in [0.25, 0.3) is 0 Å². The van der Waals surface area contributed by atoms with E-state index in [-0.39, 0.29) is 35.7 Å². The first-order chi connectivity index (χ1) is 15.6. The maximum Gasteiger partial charge on any atom is 0.324 e. The van der Waals surface area contributed by atoms with Gasteiger partial charge in [-0.15, -0.1) is 0 Å². The average Bonchev–Trinajstić information content (AvgIpc) is 2.82. The third kappa shape index (κ3) is 5.68. The topological polar surface area (TPSA) is 81.8 Å². The van der Waals surface area contributed by atoms with E-state index in [1.807, 2.05) is 30.3 Å². The molecule has 32 heavy (non-hydrogen) atoms. The Kier molecular flexibility index (Phi) is 7.79. The van der Waals surface area contributed by atoms with Crippen molar-refractivity contribution < 1.29 is 14.4 Å². The summed E-state index contributed by atoms with van der Waals surface area (Å²) in [7, 11) is 0. The molecule has 0 aromatic heterocycles. The Morgan fingerprint density at radius 1 is 1.03 bits per heavy atom. The van der Waals surface area contributed by atoms with E-state index in [4.69, 9.17) is 0 Å². The van der Waals surface area contributed by atoms with Crippen LogP contribution < -0.4 is 10.6 Å². The molecule has 2 aliphatic heterocycles. The largest absolute Gasteiger partial charge is 0.356 e. The summed E-state index contributed by atoms with van der Waals surface area (Å²) in [5, 5.41) is 6.09. The molecular weight excluding hydrogens is 404 g/mol. The predicted octanol–water partition coefficient (Wildman–Crippen LogP) is 2.56. The zero-order chi connectivity index (χ0) is 22.3. The summed E-state index contributed by atoms with van der Waals surface area (Å²) >= 11 is 0. The highest BCUT2D eigenvalue weighted by molar-refractivity contribution is 5.99. The van der Waals surface area contributed by atoms with Gasteiger partial charge in [0, 0.05) is 25.0 Å². The number of rotatable bonds is 8. The summed E-state index contributed by atoms with van der Waals surface area (Å²) in [4.78, 5) is 42.1. The Hall–Kier alpha value is -2.41. The molecule has 3 atom stereocenters. The number of imide groups is 1. The summed E-state index contributed by atoms with van der Waals surface area (Å²) in [6.45, 7) is 4.47. The van der Waals surface area contributed by atoms with Crippen LogP contribution in [0.25, 0.3) is 0 Å². The Bertz CT molecular complexity index is 794. The molecule has 0 spiro atoms. The van der Waals surface area contributed by atoms with Crippen molar-refractivity contribution in [1.29, 1.82) is 0 Å². The first-order valence-electron chi connectivity index (χ1n) is 12.3. The van der Waals surface area contributed by atoms with E-state index in [9.17, 15) is 14.4 Å². The smallest absolute Gasteiger partial charge is 0.324 e. The quantitative estimate of drug-likeness (QED) is 0.609. The van der Waals surface area contributed by atoms with Crippen molar-refractivity contribution in [3.05, 3.63) is 35.9 Å². The molecular formula is C25H36N4O3. The number of amides is 4. The molecule has 174 valence electrons. The van der Waals surface area contributed by atoms with Crippen LogP contribution in [-0.2, 0) is 16.0 Å². The molecule has 0 radical (unpaired) electrons. The molecule has 1 aromatic rings. The summed E-state index contributed by atoms with van der Waals surface area (Å²) < 4.78 is 0. The molecule has 7 heteroatoms. The van der Waals surface area contributed by atoms with Crippen molar-refractivity contribution in [3.8, 4) is 0 Å². The molecule has 1 aromatic carbocycles. The molecule has 3 fully saturated rings. The van der Waals surface area contributed by atoms with Gasteiger partial charge >= 0.3 is 6.03 Å². The summed E-state index contributed by atoms with van der Waals surface area (Å²) in [5.74, 6) is -0.368. The van der Waals surface area contributed by atoms with Gasteiger partial charge in [-0.3, -0.25) is 14.5 Å². The third-order valence-electron chi connectivity index (χ3n) is 7.22. The second-order valence-corrected chi connectivity index (χ2v) is 9.44. The molecule has 0 bridgehead atoms. The fourth-order valence-corrected chi connectivity index (χ4v) is 5.34. The van der Waals surface area contributed by atoms with Gasteiger partial charge in [0.2, 0.25) is 11.8 Å². The Morgan fingerprint density at radius 2 is 1.81 bits per heavy atom. The maximum absolute atomic E-state index is 13.0. The molecule has 7 nitrogen and oxygen atoms in total. The van der Waals surface area contributed by atoms with Gasteiger partial charge in [0.15, 0.2) is 0 Å². The predicted molar refractivity (Wildman–Crippen MR) is 123 cm³/mol. The number of hydrogen-bond donors (Lipinski definition) is 2. The number of piperidine rings is 1. The van der Waals surface area contributed by atoms with Crippen LogP contribution in [0, 0.1) is 11.8 Å². The second kappa shape index (κ2) is 10.9. The Balaban J connectivity index is 1.21. The highest BCUT2D eigenvalue weighted by Gasteiger charge is 2.45. The SMILES string of the molecule is O=C(NCCCN1CCCCC1)C1CCC2C(=O)N(CCc3ccccc3)C(=O)NC2C1. The lowest BCUT2D eigenvalue weighted by atomic mass is 9.76. The van der Waals surface area contributed by atoms with Gasteiger partial charge in [0.05, 0.1) is 5.92 Å². The van der Waals surface area contributed by atoms with Crippen molar-refractivity contribution >= 4 is 17.8 Å². The molecule has 3 aliphatic rings. The molecule has 3 unspecified atom stereocenters. The standard InChI is InChI=1S/C25H36N4O3/c30-23(26-13-7-16-28-14-5-2-6-15-28)20-10-11-21-22(18-20)27-25(32)29(24(21)31)17-12-19-8-3-1-4-9-19/h1,3-4,8-9,20-22H,2,5-7,10-18H2,(H,26,30)(H,27,32). The van der Waals surface area contributed by atoms with E-state index in [1.165, 1.54) is 37.3 Å². The number of hydrogen-bond acceptors (Lipinski definition) is 4. The number of carbonyl (C=O) groups is 3. The zero-order valence-electron chi connectivity index (χ0n) is 18.9. The van der Waals surface area contributed by atoms with Crippen LogP contribution in [0.15, 0.2) is 30.3 Å². The minimum Gasteiger partial charge on any atom is -0.356 e. The van der Waals surface area contributed by atoms with Crippen molar-refractivity contribution in [2.75, 3.05) is 32.7 Å². The lowest BCUT2D eigenvalue weighted by Gasteiger charge is -2.42. The number of benzene rings is 1. The van der Waals surface area contributed by atoms with E-state index in [0.29, 0.717) is 38.8 Å². The van der Waals surface area contributed by atoms with Crippen LogP contribution in [0.1, 0.15) is 50.5 Å². The lowest BCUT2D eigenvalue weighted by Crippen LogP contribution is -2.62. The number of urea groups is 1. The van der Waals surface area contributed by atoms with Crippen LogP contribution in [-0.4, -0.2) is 66.4 Å². The monoisotopic (exact) mass is 440 g/mol. The van der Waals surface area contributed by atoms with Crippen molar-refractivity contribution in [2.45, 2.75) is 57.4 Å². The van der Waals surface area contributed by atoms with Crippen molar-refractivity contribution in [1.82, 2.24) is 20.4 Å². The molecule has 4 rings (SSSR count). The van der Waals surface area contributed by atoms with E-state index in [1.54, 1.807) is 0 Å². The molecule has 2 saturated heterocycles. The first-order valence-corrected chi connectivity index (χ1v) is 12.3. The van der Waals surface area contributed by atoms with Crippen molar-refractivity contribution in [3.63, 3.8) is 0 Å². The van der Waals surface area contributed by atoms with Gasteiger partial charge in [0.1, 0.15) is 0 Å². The summed E-state index contributed by atoms with van der Waals surface area (Å²) in [6.07, 6.45) is 7.42. The number of likely N-dealkylation sites (tertiary alicyclic amines) is 1. The molecule has 1 aliphatic carbocycles. The van der Waals surface area contributed by atoms with E-state index >= 15 is 0 Å². The van der Waals surface area contributed by atoms with Crippen LogP contribution in [0.5, 0.6) is 0 Å². The fourth-order valence-electron chi connectivity index (χ4n) is 5.34. The minimum atomic E-state index is -0.324.